The van der Waals surface area contributed by atoms with E-state index in [1.165, 1.54) is 192 Å². The highest BCUT2D eigenvalue weighted by atomic mass is 16.3. The number of phenolic OH excluding ortho intramolecular Hbond substituents is 1. The third-order valence-corrected chi connectivity index (χ3v) is 9.24. The standard InChI is InChI=1S/C40H75NO/c1-3-5-7-9-11-13-15-17-18-19-21-23-25-27-29-31-35-41-37-39-34-33-38(36-40(39)42)32-30-28-26-24-22-20-16-14-12-10-8-6-4-2/h33-34,36,41-42H,3-32,35,37H2,1-2H3. The summed E-state index contributed by atoms with van der Waals surface area (Å²) in [7, 11) is 0. The van der Waals surface area contributed by atoms with Crippen molar-refractivity contribution in [3.05, 3.63) is 29.3 Å². The molecule has 42 heavy (non-hydrogen) atoms. The molecule has 1 rings (SSSR count). The summed E-state index contributed by atoms with van der Waals surface area (Å²) in [6, 6.07) is 6.37. The summed E-state index contributed by atoms with van der Waals surface area (Å²) in [5.74, 6) is 0.474. The minimum atomic E-state index is 0.474. The number of hydrogen-bond acceptors (Lipinski definition) is 2. The molecule has 1 aromatic rings. The summed E-state index contributed by atoms with van der Waals surface area (Å²) in [5.41, 5.74) is 2.33. The molecule has 2 nitrogen and oxygen atoms in total. The van der Waals surface area contributed by atoms with Gasteiger partial charge in [0.1, 0.15) is 5.75 Å². The van der Waals surface area contributed by atoms with Crippen LogP contribution in [-0.2, 0) is 13.0 Å². The van der Waals surface area contributed by atoms with Crippen LogP contribution in [0.4, 0.5) is 0 Å². The molecule has 0 amide bonds. The van der Waals surface area contributed by atoms with Gasteiger partial charge >= 0.3 is 0 Å². The monoisotopic (exact) mass is 586 g/mol. The van der Waals surface area contributed by atoms with Crippen LogP contribution >= 0.6 is 0 Å². The zero-order valence-corrected chi connectivity index (χ0v) is 28.8. The highest BCUT2D eigenvalue weighted by Gasteiger charge is 2.03. The second-order valence-electron chi connectivity index (χ2n) is 13.4. The fourth-order valence-electron chi connectivity index (χ4n) is 6.28. The molecular formula is C40H75NO. The number of phenols is 1. The average Bonchev–Trinajstić information content (AvgIpc) is 2.99. The molecule has 2 N–H and O–H groups in total. The van der Waals surface area contributed by atoms with Crippen LogP contribution in [0.1, 0.15) is 211 Å². The van der Waals surface area contributed by atoms with Crippen molar-refractivity contribution in [2.24, 2.45) is 0 Å². The van der Waals surface area contributed by atoms with Crippen LogP contribution in [0.25, 0.3) is 0 Å². The Labute approximate surface area is 264 Å². The second-order valence-corrected chi connectivity index (χ2v) is 13.4. The normalized spacial score (nSPS) is 11.5. The van der Waals surface area contributed by atoms with Gasteiger partial charge in [0, 0.05) is 12.1 Å². The van der Waals surface area contributed by atoms with E-state index in [0.717, 1.165) is 25.1 Å². The third kappa shape index (κ3) is 25.5. The molecule has 0 radical (unpaired) electrons. The molecule has 0 aliphatic heterocycles. The Hall–Kier alpha value is -1.02. The van der Waals surface area contributed by atoms with E-state index in [0.29, 0.717) is 5.75 Å². The minimum absolute atomic E-state index is 0.474. The van der Waals surface area contributed by atoms with Crippen LogP contribution in [0.5, 0.6) is 5.75 Å². The Morgan fingerprint density at radius 1 is 0.452 bits per heavy atom. The third-order valence-electron chi connectivity index (χ3n) is 9.24. The summed E-state index contributed by atoms with van der Waals surface area (Å²) < 4.78 is 0. The van der Waals surface area contributed by atoms with E-state index in [2.05, 4.69) is 31.3 Å². The van der Waals surface area contributed by atoms with Crippen molar-refractivity contribution in [2.45, 2.75) is 213 Å². The van der Waals surface area contributed by atoms with Gasteiger partial charge in [-0.1, -0.05) is 199 Å². The first-order valence-electron chi connectivity index (χ1n) is 19.3. The number of nitrogens with one attached hydrogen (secondary N) is 1. The SMILES string of the molecule is CCCCCCCCCCCCCCCCCCNCc1ccc(CCCCCCCCCCCCCCC)cc1O. The fraction of sp³-hybridized carbons (Fsp3) is 0.850. The van der Waals surface area contributed by atoms with Gasteiger partial charge in [0.15, 0.2) is 0 Å². The molecule has 0 aliphatic carbocycles. The number of hydrogen-bond donors (Lipinski definition) is 2. The molecule has 0 bridgehead atoms. The molecule has 0 heterocycles. The molecule has 0 saturated heterocycles. The summed E-state index contributed by atoms with van der Waals surface area (Å²) in [4.78, 5) is 0. The lowest BCUT2D eigenvalue weighted by molar-refractivity contribution is 0.462. The Balaban J connectivity index is 1.87. The van der Waals surface area contributed by atoms with E-state index < -0.39 is 0 Å². The van der Waals surface area contributed by atoms with Crippen LogP contribution in [0.3, 0.4) is 0 Å². The molecule has 246 valence electrons. The predicted octanol–water partition coefficient (Wildman–Crippen LogP) is 13.4. The van der Waals surface area contributed by atoms with Gasteiger partial charge in [-0.05, 0) is 37.4 Å². The van der Waals surface area contributed by atoms with Crippen LogP contribution < -0.4 is 5.32 Å². The van der Waals surface area contributed by atoms with Crippen LogP contribution in [0, 0.1) is 0 Å². The molecule has 0 spiro atoms. The maximum absolute atomic E-state index is 10.5. The molecule has 0 aromatic heterocycles. The lowest BCUT2D eigenvalue weighted by Crippen LogP contribution is -2.14. The average molecular weight is 586 g/mol. The van der Waals surface area contributed by atoms with Crippen molar-refractivity contribution in [3.63, 3.8) is 0 Å². The number of aryl methyl sites for hydroxylation is 1. The second kappa shape index (κ2) is 31.4. The topological polar surface area (TPSA) is 32.3 Å². The fourth-order valence-corrected chi connectivity index (χ4v) is 6.28. The van der Waals surface area contributed by atoms with Gasteiger partial charge < -0.3 is 10.4 Å². The zero-order chi connectivity index (χ0) is 30.2. The molecule has 0 unspecified atom stereocenters. The van der Waals surface area contributed by atoms with Gasteiger partial charge in [0.2, 0.25) is 0 Å². The summed E-state index contributed by atoms with van der Waals surface area (Å²) >= 11 is 0. The van der Waals surface area contributed by atoms with Gasteiger partial charge in [-0.15, -0.1) is 0 Å². The highest BCUT2D eigenvalue weighted by molar-refractivity contribution is 5.36. The van der Waals surface area contributed by atoms with Crippen LogP contribution in [0.2, 0.25) is 0 Å². The smallest absolute Gasteiger partial charge is 0.120 e. The van der Waals surface area contributed by atoms with Crippen LogP contribution in [-0.4, -0.2) is 11.7 Å². The first-order chi connectivity index (χ1) is 20.8. The van der Waals surface area contributed by atoms with E-state index in [9.17, 15) is 5.11 Å². The van der Waals surface area contributed by atoms with E-state index in [1.807, 2.05) is 6.07 Å². The number of rotatable bonds is 33. The van der Waals surface area contributed by atoms with Gasteiger partial charge in [-0.2, -0.15) is 0 Å². The van der Waals surface area contributed by atoms with Gasteiger partial charge in [-0.3, -0.25) is 0 Å². The molecule has 0 fully saturated rings. The van der Waals surface area contributed by atoms with Crippen LogP contribution in [0.15, 0.2) is 18.2 Å². The first kappa shape index (κ1) is 39.0. The largest absolute Gasteiger partial charge is 0.508 e. The maximum Gasteiger partial charge on any atom is 0.120 e. The Morgan fingerprint density at radius 3 is 1.19 bits per heavy atom. The van der Waals surface area contributed by atoms with Crippen molar-refractivity contribution in [2.75, 3.05) is 6.54 Å². The van der Waals surface area contributed by atoms with Gasteiger partial charge in [-0.25, -0.2) is 0 Å². The Kier molecular flexibility index (Phi) is 29.2. The number of unbranched alkanes of at least 4 members (excludes halogenated alkanes) is 27. The molecule has 2 heteroatoms. The number of benzene rings is 1. The highest BCUT2D eigenvalue weighted by Crippen LogP contribution is 2.21. The molecular weight excluding hydrogens is 510 g/mol. The van der Waals surface area contributed by atoms with Gasteiger partial charge in [0.05, 0.1) is 0 Å². The Bertz CT molecular complexity index is 672. The predicted molar refractivity (Wildman–Crippen MR) is 189 cm³/mol. The maximum atomic E-state index is 10.5. The number of aromatic hydroxyl groups is 1. The molecule has 0 saturated carbocycles. The first-order valence-corrected chi connectivity index (χ1v) is 19.3. The Morgan fingerprint density at radius 2 is 0.810 bits per heavy atom. The minimum Gasteiger partial charge on any atom is -0.508 e. The summed E-state index contributed by atoms with van der Waals surface area (Å²) in [6.07, 6.45) is 41.9. The van der Waals surface area contributed by atoms with E-state index in [4.69, 9.17) is 0 Å². The van der Waals surface area contributed by atoms with Crippen molar-refractivity contribution in [1.82, 2.24) is 5.32 Å². The lowest BCUT2D eigenvalue weighted by atomic mass is 10.0. The quantitative estimate of drug-likeness (QED) is 0.0804. The lowest BCUT2D eigenvalue weighted by Gasteiger charge is -2.09. The summed E-state index contributed by atoms with van der Waals surface area (Å²) in [5, 5.41) is 14.0. The van der Waals surface area contributed by atoms with E-state index in [1.54, 1.807) is 0 Å². The zero-order valence-electron chi connectivity index (χ0n) is 28.8. The molecule has 0 atom stereocenters. The van der Waals surface area contributed by atoms with Crippen molar-refractivity contribution >= 4 is 0 Å². The van der Waals surface area contributed by atoms with E-state index >= 15 is 0 Å². The van der Waals surface area contributed by atoms with Crippen molar-refractivity contribution in [1.29, 1.82) is 0 Å². The molecule has 0 aliphatic rings. The molecule has 1 aromatic carbocycles. The summed E-state index contributed by atoms with van der Waals surface area (Å²) in [6.45, 7) is 6.43. The van der Waals surface area contributed by atoms with E-state index in [-0.39, 0.29) is 0 Å². The van der Waals surface area contributed by atoms with Crippen molar-refractivity contribution < 1.29 is 5.11 Å². The van der Waals surface area contributed by atoms with Gasteiger partial charge in [0.25, 0.3) is 0 Å². The van der Waals surface area contributed by atoms with Crippen molar-refractivity contribution in [3.8, 4) is 5.75 Å².